The maximum atomic E-state index is 12.8. The molecule has 0 saturated carbocycles. The van der Waals surface area contributed by atoms with Gasteiger partial charge in [-0.1, -0.05) is 6.07 Å². The van der Waals surface area contributed by atoms with E-state index in [1.54, 1.807) is 49.3 Å². The molecule has 24 heavy (non-hydrogen) atoms. The largest absolute Gasteiger partial charge is 0.497 e. The molecule has 2 aromatic rings. The van der Waals surface area contributed by atoms with Gasteiger partial charge in [0.25, 0.3) is 5.91 Å². The quantitative estimate of drug-likeness (QED) is 0.811. The van der Waals surface area contributed by atoms with Gasteiger partial charge >= 0.3 is 5.97 Å². The van der Waals surface area contributed by atoms with Crippen LogP contribution >= 0.6 is 0 Å². The predicted molar refractivity (Wildman–Crippen MR) is 90.8 cm³/mol. The van der Waals surface area contributed by atoms with Crippen molar-refractivity contribution in [3.63, 3.8) is 0 Å². The van der Waals surface area contributed by atoms with Crippen molar-refractivity contribution in [2.24, 2.45) is 0 Å². The number of methoxy groups -OCH3 is 1. The van der Waals surface area contributed by atoms with Crippen molar-refractivity contribution in [3.05, 3.63) is 59.2 Å². The summed E-state index contributed by atoms with van der Waals surface area (Å²) in [6, 6.07) is 12.5. The summed E-state index contributed by atoms with van der Waals surface area (Å²) >= 11 is 0. The van der Waals surface area contributed by atoms with Crippen molar-refractivity contribution in [3.8, 4) is 5.75 Å². The van der Waals surface area contributed by atoms with E-state index >= 15 is 0 Å². The maximum Gasteiger partial charge on any atom is 0.338 e. The van der Waals surface area contributed by atoms with Crippen LogP contribution in [0, 0.1) is 0 Å². The maximum absolute atomic E-state index is 12.8. The van der Waals surface area contributed by atoms with E-state index in [9.17, 15) is 9.59 Å². The highest BCUT2D eigenvalue weighted by Gasteiger charge is 2.26. The van der Waals surface area contributed by atoms with E-state index in [0.717, 1.165) is 17.7 Å². The van der Waals surface area contributed by atoms with Crippen LogP contribution in [-0.2, 0) is 11.2 Å². The zero-order valence-electron chi connectivity index (χ0n) is 13.7. The second-order valence-corrected chi connectivity index (χ2v) is 5.50. The van der Waals surface area contributed by atoms with Gasteiger partial charge in [-0.25, -0.2) is 4.79 Å². The summed E-state index contributed by atoms with van der Waals surface area (Å²) < 4.78 is 10.2. The van der Waals surface area contributed by atoms with E-state index in [1.165, 1.54) is 0 Å². The van der Waals surface area contributed by atoms with Gasteiger partial charge in [-0.05, 0) is 55.3 Å². The second kappa shape index (κ2) is 6.74. The van der Waals surface area contributed by atoms with Crippen LogP contribution in [-0.4, -0.2) is 32.1 Å². The number of esters is 1. The van der Waals surface area contributed by atoms with Gasteiger partial charge in [0.2, 0.25) is 0 Å². The number of anilines is 1. The average Bonchev–Trinajstić information content (AvgIpc) is 2.62. The number of nitrogens with zero attached hydrogens (tertiary/aromatic N) is 1. The highest BCUT2D eigenvalue weighted by atomic mass is 16.5. The molecule has 0 N–H and O–H groups in total. The standard InChI is InChI=1S/C19H19NO4/c1-3-24-19(22)14-5-4-6-15(11-14)20-10-9-13-12-16(23-2)7-8-17(13)18(20)21/h4-8,11-12H,3,9-10H2,1-2H3. The fraction of sp³-hybridized carbons (Fsp3) is 0.263. The first-order chi connectivity index (χ1) is 11.6. The first kappa shape index (κ1) is 16.1. The van der Waals surface area contributed by atoms with Gasteiger partial charge in [0.15, 0.2) is 0 Å². The summed E-state index contributed by atoms with van der Waals surface area (Å²) in [7, 11) is 1.61. The topological polar surface area (TPSA) is 55.8 Å². The molecule has 0 fully saturated rings. The van der Waals surface area contributed by atoms with Crippen LogP contribution in [0.1, 0.15) is 33.2 Å². The monoisotopic (exact) mass is 325 g/mol. The molecule has 1 heterocycles. The first-order valence-electron chi connectivity index (χ1n) is 7.90. The molecular weight excluding hydrogens is 306 g/mol. The van der Waals surface area contributed by atoms with E-state index in [2.05, 4.69) is 0 Å². The zero-order valence-corrected chi connectivity index (χ0v) is 13.7. The Morgan fingerprint density at radius 3 is 2.79 bits per heavy atom. The number of hydrogen-bond acceptors (Lipinski definition) is 4. The number of fused-ring (bicyclic) bond motifs is 1. The first-order valence-corrected chi connectivity index (χ1v) is 7.90. The molecule has 0 radical (unpaired) electrons. The third-order valence-corrected chi connectivity index (χ3v) is 4.06. The van der Waals surface area contributed by atoms with Gasteiger partial charge in [-0.2, -0.15) is 0 Å². The van der Waals surface area contributed by atoms with Crippen LogP contribution < -0.4 is 9.64 Å². The normalized spacial score (nSPS) is 13.4. The fourth-order valence-corrected chi connectivity index (χ4v) is 2.85. The van der Waals surface area contributed by atoms with Crippen molar-refractivity contribution < 1.29 is 19.1 Å². The molecule has 0 saturated heterocycles. The third-order valence-electron chi connectivity index (χ3n) is 4.06. The van der Waals surface area contributed by atoms with Crippen LogP contribution in [0.3, 0.4) is 0 Å². The Morgan fingerprint density at radius 1 is 1.21 bits per heavy atom. The van der Waals surface area contributed by atoms with Crippen molar-refractivity contribution in [2.45, 2.75) is 13.3 Å². The summed E-state index contributed by atoms with van der Waals surface area (Å²) in [5.74, 6) is 0.299. The van der Waals surface area contributed by atoms with Crippen molar-refractivity contribution in [1.82, 2.24) is 0 Å². The van der Waals surface area contributed by atoms with Crippen LogP contribution in [0.4, 0.5) is 5.69 Å². The Labute approximate surface area is 140 Å². The van der Waals surface area contributed by atoms with Crippen molar-refractivity contribution in [1.29, 1.82) is 0 Å². The number of rotatable bonds is 4. The predicted octanol–water partition coefficient (Wildman–Crippen LogP) is 3.07. The Bertz CT molecular complexity index is 785. The van der Waals surface area contributed by atoms with E-state index < -0.39 is 0 Å². The minimum Gasteiger partial charge on any atom is -0.497 e. The average molecular weight is 325 g/mol. The minimum atomic E-state index is -0.381. The third kappa shape index (κ3) is 2.97. The highest BCUT2D eigenvalue weighted by Crippen LogP contribution is 2.27. The summed E-state index contributed by atoms with van der Waals surface area (Å²) in [5.41, 5.74) is 2.80. The van der Waals surface area contributed by atoms with Crippen LogP contribution in [0.25, 0.3) is 0 Å². The number of benzene rings is 2. The Balaban J connectivity index is 1.90. The highest BCUT2D eigenvalue weighted by molar-refractivity contribution is 6.08. The molecule has 0 bridgehead atoms. The van der Waals surface area contributed by atoms with Crippen molar-refractivity contribution >= 4 is 17.6 Å². The lowest BCUT2D eigenvalue weighted by atomic mass is 9.98. The summed E-state index contributed by atoms with van der Waals surface area (Å²) in [4.78, 5) is 26.4. The molecule has 0 unspecified atom stereocenters. The number of amides is 1. The SMILES string of the molecule is CCOC(=O)c1cccc(N2CCc3cc(OC)ccc3C2=O)c1. The number of ether oxygens (including phenoxy) is 2. The smallest absolute Gasteiger partial charge is 0.338 e. The van der Waals surface area contributed by atoms with Crippen LogP contribution in [0.2, 0.25) is 0 Å². The van der Waals surface area contributed by atoms with E-state index in [-0.39, 0.29) is 11.9 Å². The Morgan fingerprint density at radius 2 is 2.04 bits per heavy atom. The molecular formula is C19H19NO4. The molecule has 124 valence electrons. The Kier molecular flexibility index (Phi) is 4.51. The molecule has 5 heteroatoms. The molecule has 0 atom stereocenters. The van der Waals surface area contributed by atoms with Gasteiger partial charge in [0, 0.05) is 17.8 Å². The van der Waals surface area contributed by atoms with Gasteiger partial charge in [-0.15, -0.1) is 0 Å². The van der Waals surface area contributed by atoms with Gasteiger partial charge in [-0.3, -0.25) is 4.79 Å². The summed E-state index contributed by atoms with van der Waals surface area (Å²) in [6.45, 7) is 2.65. The van der Waals surface area contributed by atoms with Gasteiger partial charge < -0.3 is 14.4 Å². The summed E-state index contributed by atoms with van der Waals surface area (Å²) in [5, 5.41) is 0. The lowest BCUT2D eigenvalue weighted by Crippen LogP contribution is -2.37. The fourth-order valence-electron chi connectivity index (χ4n) is 2.85. The Hall–Kier alpha value is -2.82. The molecule has 1 aliphatic rings. The van der Waals surface area contributed by atoms with Crippen LogP contribution in [0.15, 0.2) is 42.5 Å². The van der Waals surface area contributed by atoms with Gasteiger partial charge in [0.05, 0.1) is 19.3 Å². The van der Waals surface area contributed by atoms with E-state index in [0.29, 0.717) is 30.0 Å². The van der Waals surface area contributed by atoms with E-state index in [4.69, 9.17) is 9.47 Å². The molecule has 1 aliphatic heterocycles. The molecule has 1 amide bonds. The van der Waals surface area contributed by atoms with Crippen LogP contribution in [0.5, 0.6) is 5.75 Å². The molecule has 2 aromatic carbocycles. The summed E-state index contributed by atoms with van der Waals surface area (Å²) in [6.07, 6.45) is 0.738. The molecule has 0 spiro atoms. The number of carbonyl (C=O) groups excluding carboxylic acids is 2. The number of hydrogen-bond donors (Lipinski definition) is 0. The molecule has 0 aliphatic carbocycles. The lowest BCUT2D eigenvalue weighted by Gasteiger charge is -2.29. The number of carbonyl (C=O) groups is 2. The lowest BCUT2D eigenvalue weighted by molar-refractivity contribution is 0.0526. The zero-order chi connectivity index (χ0) is 17.1. The van der Waals surface area contributed by atoms with E-state index in [1.807, 2.05) is 12.1 Å². The van der Waals surface area contributed by atoms with Crippen molar-refractivity contribution in [2.75, 3.05) is 25.2 Å². The molecule has 5 nitrogen and oxygen atoms in total. The second-order valence-electron chi connectivity index (χ2n) is 5.50. The minimum absolute atomic E-state index is 0.0695. The van der Waals surface area contributed by atoms with Gasteiger partial charge in [0.1, 0.15) is 5.75 Å². The molecule has 0 aromatic heterocycles. The molecule has 3 rings (SSSR count).